The summed E-state index contributed by atoms with van der Waals surface area (Å²) in [6.07, 6.45) is 1.25. The van der Waals surface area contributed by atoms with E-state index in [1.54, 1.807) is 0 Å². The Bertz CT molecular complexity index is 250. The molecule has 0 aromatic heterocycles. The molecule has 0 N–H and O–H groups in total. The van der Waals surface area contributed by atoms with Crippen molar-refractivity contribution in [2.45, 2.75) is 13.3 Å². The molecule has 0 heterocycles. The summed E-state index contributed by atoms with van der Waals surface area (Å²) in [5.41, 5.74) is -0.625. The lowest BCUT2D eigenvalue weighted by Gasteiger charge is -2.11. The molecule has 0 atom stereocenters. The van der Waals surface area contributed by atoms with E-state index < -0.39 is 11.9 Å². The van der Waals surface area contributed by atoms with Crippen LogP contribution >= 0.6 is 0 Å². The number of hydrogen-bond donors (Lipinski definition) is 0. The van der Waals surface area contributed by atoms with Crippen molar-refractivity contribution in [3.63, 3.8) is 0 Å². The number of carbonyl (C=O) groups is 2. The maximum atomic E-state index is 10.3. The standard InChI is InChI=1S/C8H10O4/c1-3-4-6(8(11)12)5(2)7(9)10/h3H,1,4H2,2H3,(H,9,10)(H,11,12)/p-2/b6-5-. The van der Waals surface area contributed by atoms with E-state index in [4.69, 9.17) is 0 Å². The van der Waals surface area contributed by atoms with Crippen molar-refractivity contribution < 1.29 is 19.8 Å². The molecule has 0 bridgehead atoms. The van der Waals surface area contributed by atoms with E-state index in [0.29, 0.717) is 0 Å². The Balaban J connectivity index is 4.92. The maximum absolute atomic E-state index is 10.3. The third-order valence-corrected chi connectivity index (χ3v) is 1.35. The van der Waals surface area contributed by atoms with Crippen LogP contribution < -0.4 is 10.2 Å². The summed E-state index contributed by atoms with van der Waals surface area (Å²) < 4.78 is 0. The zero-order valence-electron chi connectivity index (χ0n) is 6.62. The van der Waals surface area contributed by atoms with Gasteiger partial charge in [-0.05, 0) is 24.5 Å². The molecule has 0 saturated heterocycles. The Labute approximate surface area is 69.8 Å². The van der Waals surface area contributed by atoms with E-state index in [1.807, 2.05) is 0 Å². The van der Waals surface area contributed by atoms with Gasteiger partial charge in [0.15, 0.2) is 0 Å². The van der Waals surface area contributed by atoms with Crippen molar-refractivity contribution in [1.29, 1.82) is 0 Å². The number of aliphatic carboxylic acids is 2. The number of allylic oxidation sites excluding steroid dienone is 1. The third kappa shape index (κ3) is 2.57. The summed E-state index contributed by atoms with van der Waals surface area (Å²) in [6.45, 7) is 4.44. The highest BCUT2D eigenvalue weighted by molar-refractivity contribution is 5.96. The molecule has 0 aliphatic rings. The first-order valence-electron chi connectivity index (χ1n) is 3.24. The van der Waals surface area contributed by atoms with Crippen LogP contribution in [0.25, 0.3) is 0 Å². The van der Waals surface area contributed by atoms with Crippen LogP contribution in [0.4, 0.5) is 0 Å². The molecule has 0 amide bonds. The van der Waals surface area contributed by atoms with E-state index >= 15 is 0 Å². The number of carboxylic acid groups (broad SMARTS) is 2. The molecule has 0 spiro atoms. The van der Waals surface area contributed by atoms with E-state index in [-0.39, 0.29) is 17.6 Å². The third-order valence-electron chi connectivity index (χ3n) is 1.35. The molecule has 66 valence electrons. The first-order valence-corrected chi connectivity index (χ1v) is 3.24. The molecule has 0 aromatic carbocycles. The van der Waals surface area contributed by atoms with E-state index in [0.717, 1.165) is 6.92 Å². The second-order valence-electron chi connectivity index (χ2n) is 2.17. The second kappa shape index (κ2) is 4.33. The largest absolute Gasteiger partial charge is 0.545 e. The molecular formula is C8H8O4-2. The lowest BCUT2D eigenvalue weighted by molar-refractivity contribution is -0.304. The van der Waals surface area contributed by atoms with Gasteiger partial charge in [0.1, 0.15) is 0 Å². The molecule has 4 heteroatoms. The molecule has 0 aliphatic heterocycles. The molecule has 0 aromatic rings. The minimum Gasteiger partial charge on any atom is -0.545 e. The molecule has 0 aliphatic carbocycles. The molecule has 0 radical (unpaired) electrons. The van der Waals surface area contributed by atoms with Crippen LogP contribution in [0.5, 0.6) is 0 Å². The van der Waals surface area contributed by atoms with Gasteiger partial charge >= 0.3 is 0 Å². The topological polar surface area (TPSA) is 80.3 Å². The van der Waals surface area contributed by atoms with Crippen LogP contribution in [-0.2, 0) is 9.59 Å². The highest BCUT2D eigenvalue weighted by Gasteiger charge is 2.02. The molecule has 0 fully saturated rings. The molecule has 12 heavy (non-hydrogen) atoms. The summed E-state index contributed by atoms with van der Waals surface area (Å²) in [4.78, 5) is 20.6. The van der Waals surface area contributed by atoms with Crippen LogP contribution in [0, 0.1) is 0 Å². The Morgan fingerprint density at radius 3 is 2.08 bits per heavy atom. The minimum atomic E-state index is -1.50. The summed E-state index contributed by atoms with van der Waals surface area (Å²) >= 11 is 0. The van der Waals surface area contributed by atoms with Gasteiger partial charge in [0.2, 0.25) is 0 Å². The lowest BCUT2D eigenvalue weighted by Crippen LogP contribution is -2.30. The van der Waals surface area contributed by atoms with Crippen LogP contribution in [0.15, 0.2) is 23.8 Å². The lowest BCUT2D eigenvalue weighted by atomic mass is 10.1. The van der Waals surface area contributed by atoms with Gasteiger partial charge in [-0.15, -0.1) is 6.58 Å². The van der Waals surface area contributed by atoms with Gasteiger partial charge < -0.3 is 19.8 Å². The summed E-state index contributed by atoms with van der Waals surface area (Å²) in [5.74, 6) is -3.01. The molecule has 0 saturated carbocycles. The van der Waals surface area contributed by atoms with Gasteiger partial charge in [0, 0.05) is 0 Å². The van der Waals surface area contributed by atoms with Crippen molar-refractivity contribution in [2.24, 2.45) is 0 Å². The van der Waals surface area contributed by atoms with Crippen LogP contribution in [0.1, 0.15) is 13.3 Å². The van der Waals surface area contributed by atoms with Crippen molar-refractivity contribution in [1.82, 2.24) is 0 Å². The second-order valence-corrected chi connectivity index (χ2v) is 2.17. The minimum absolute atomic E-state index is 0.0395. The van der Waals surface area contributed by atoms with Gasteiger partial charge in [-0.3, -0.25) is 0 Å². The monoisotopic (exact) mass is 168 g/mol. The first-order chi connectivity index (χ1) is 5.50. The number of rotatable bonds is 4. The molecule has 0 unspecified atom stereocenters. The average Bonchev–Trinajstić information content (AvgIpc) is 1.98. The fourth-order valence-corrected chi connectivity index (χ4v) is 0.657. The number of hydrogen-bond acceptors (Lipinski definition) is 4. The predicted molar refractivity (Wildman–Crippen MR) is 37.5 cm³/mol. The molecule has 0 rings (SSSR count). The van der Waals surface area contributed by atoms with Gasteiger partial charge in [0.05, 0.1) is 11.9 Å². The Kier molecular flexibility index (Phi) is 3.76. The summed E-state index contributed by atoms with van der Waals surface area (Å²) in [7, 11) is 0. The zero-order valence-corrected chi connectivity index (χ0v) is 6.62. The van der Waals surface area contributed by atoms with E-state index in [1.165, 1.54) is 6.08 Å². The van der Waals surface area contributed by atoms with Gasteiger partial charge in [-0.1, -0.05) is 6.08 Å². The normalized spacial score (nSPS) is 11.8. The fraction of sp³-hybridized carbons (Fsp3) is 0.250. The van der Waals surface area contributed by atoms with Crippen LogP contribution in [0.2, 0.25) is 0 Å². The zero-order chi connectivity index (χ0) is 9.72. The average molecular weight is 168 g/mol. The predicted octanol–water partition coefficient (Wildman–Crippen LogP) is -1.62. The quantitative estimate of drug-likeness (QED) is 0.373. The van der Waals surface area contributed by atoms with Crippen LogP contribution in [-0.4, -0.2) is 11.9 Å². The van der Waals surface area contributed by atoms with E-state index in [9.17, 15) is 19.8 Å². The van der Waals surface area contributed by atoms with E-state index in [2.05, 4.69) is 6.58 Å². The highest BCUT2D eigenvalue weighted by Crippen LogP contribution is 2.07. The Hall–Kier alpha value is -1.58. The SMILES string of the molecule is C=CC/C(C(=O)[O-])=C(\C)C(=O)[O-]. The highest BCUT2D eigenvalue weighted by atomic mass is 16.4. The Morgan fingerprint density at radius 1 is 1.33 bits per heavy atom. The Morgan fingerprint density at radius 2 is 1.83 bits per heavy atom. The number of carbonyl (C=O) groups excluding carboxylic acids is 2. The summed E-state index contributed by atoms with van der Waals surface area (Å²) in [5, 5.41) is 20.6. The molecule has 4 nitrogen and oxygen atoms in total. The molecular weight excluding hydrogens is 160 g/mol. The van der Waals surface area contributed by atoms with Gasteiger partial charge in [0.25, 0.3) is 0 Å². The van der Waals surface area contributed by atoms with Crippen molar-refractivity contribution in [3.8, 4) is 0 Å². The van der Waals surface area contributed by atoms with Gasteiger partial charge in [-0.25, -0.2) is 0 Å². The van der Waals surface area contributed by atoms with Crippen molar-refractivity contribution >= 4 is 11.9 Å². The fourth-order valence-electron chi connectivity index (χ4n) is 0.657. The number of carboxylic acids is 2. The van der Waals surface area contributed by atoms with Crippen molar-refractivity contribution in [3.05, 3.63) is 23.8 Å². The van der Waals surface area contributed by atoms with Gasteiger partial charge in [-0.2, -0.15) is 0 Å². The smallest absolute Gasteiger partial charge is 0.0681 e. The first kappa shape index (κ1) is 10.4. The van der Waals surface area contributed by atoms with Crippen molar-refractivity contribution in [2.75, 3.05) is 0 Å². The maximum Gasteiger partial charge on any atom is 0.0681 e. The van der Waals surface area contributed by atoms with Crippen LogP contribution in [0.3, 0.4) is 0 Å². The summed E-state index contributed by atoms with van der Waals surface area (Å²) in [6, 6.07) is 0.